The predicted molar refractivity (Wildman–Crippen MR) is 74.5 cm³/mol. The molecule has 0 aliphatic rings. The molecular weight excluding hydrogens is 226 g/mol. The van der Waals surface area contributed by atoms with Crippen LogP contribution in [0.5, 0.6) is 0 Å². The van der Waals surface area contributed by atoms with Crippen molar-refractivity contribution in [2.45, 2.75) is 0 Å². The molecule has 18 heavy (non-hydrogen) atoms. The fraction of sp³-hybridized carbons (Fsp3) is 0.0714. The summed E-state index contributed by atoms with van der Waals surface area (Å²) in [6.45, 7) is 3.96. The maximum atomic E-state index is 12.0. The second kappa shape index (κ2) is 3.77. The Kier molecular flexibility index (Phi) is 2.23. The first kappa shape index (κ1) is 10.7. The Morgan fingerprint density at radius 3 is 2.89 bits per heavy atom. The molecular formula is C14H13N3O. The molecule has 2 aromatic heterocycles. The van der Waals surface area contributed by atoms with Crippen LogP contribution in [0.4, 0.5) is 0 Å². The van der Waals surface area contributed by atoms with E-state index in [1.807, 2.05) is 37.5 Å². The summed E-state index contributed by atoms with van der Waals surface area (Å²) in [5.41, 5.74) is 3.02. The lowest BCUT2D eigenvalue weighted by atomic mass is 10.1. The molecule has 0 saturated heterocycles. The summed E-state index contributed by atoms with van der Waals surface area (Å²) in [4.78, 5) is 17.9. The molecule has 2 heterocycles. The van der Waals surface area contributed by atoms with E-state index < -0.39 is 0 Å². The monoisotopic (exact) mass is 239 g/mol. The highest BCUT2D eigenvalue weighted by molar-refractivity contribution is 6.09. The van der Waals surface area contributed by atoms with Crippen LogP contribution < -0.4 is 10.9 Å². The van der Waals surface area contributed by atoms with Gasteiger partial charge in [-0.1, -0.05) is 24.8 Å². The Bertz CT molecular complexity index is 811. The summed E-state index contributed by atoms with van der Waals surface area (Å²) < 4.78 is 0. The molecule has 3 aromatic rings. The number of fused-ring (bicyclic) bond motifs is 3. The zero-order chi connectivity index (χ0) is 12.7. The van der Waals surface area contributed by atoms with Crippen molar-refractivity contribution in [1.82, 2.24) is 15.3 Å². The molecule has 0 amide bonds. The van der Waals surface area contributed by atoms with E-state index in [4.69, 9.17) is 0 Å². The molecule has 0 unspecified atom stereocenters. The molecule has 3 N–H and O–H groups in total. The van der Waals surface area contributed by atoms with Crippen LogP contribution in [0.25, 0.3) is 27.5 Å². The molecule has 0 atom stereocenters. The van der Waals surface area contributed by atoms with Crippen molar-refractivity contribution in [3.05, 3.63) is 53.0 Å². The summed E-state index contributed by atoms with van der Waals surface area (Å²) in [6, 6.07) is 7.76. The van der Waals surface area contributed by atoms with E-state index in [9.17, 15) is 4.79 Å². The first-order valence-corrected chi connectivity index (χ1v) is 5.71. The van der Waals surface area contributed by atoms with Gasteiger partial charge in [-0.25, -0.2) is 0 Å². The van der Waals surface area contributed by atoms with Crippen molar-refractivity contribution in [3.63, 3.8) is 0 Å². The van der Waals surface area contributed by atoms with Crippen LogP contribution in [0.1, 0.15) is 5.56 Å². The average molecular weight is 239 g/mol. The molecule has 90 valence electrons. The molecule has 0 radical (unpaired) electrons. The minimum absolute atomic E-state index is 0.112. The lowest BCUT2D eigenvalue weighted by molar-refractivity contribution is 1.14. The molecule has 4 nitrogen and oxygen atoms in total. The fourth-order valence-electron chi connectivity index (χ4n) is 2.25. The van der Waals surface area contributed by atoms with Crippen molar-refractivity contribution in [2.75, 3.05) is 7.05 Å². The van der Waals surface area contributed by atoms with Crippen molar-refractivity contribution >= 4 is 27.5 Å². The second-order valence-corrected chi connectivity index (χ2v) is 4.18. The molecule has 1 aromatic carbocycles. The molecule has 3 rings (SSSR count). The largest absolute Gasteiger partial charge is 0.388 e. The minimum atomic E-state index is -0.112. The number of nitrogens with one attached hydrogen (secondary N) is 3. The van der Waals surface area contributed by atoms with E-state index >= 15 is 0 Å². The smallest absolute Gasteiger partial charge is 0.272 e. The predicted octanol–water partition coefficient (Wildman–Crippen LogP) is 2.20. The van der Waals surface area contributed by atoms with Crippen LogP contribution in [0.2, 0.25) is 0 Å². The Balaban J connectivity index is 2.55. The summed E-state index contributed by atoms with van der Waals surface area (Å²) in [5, 5.41) is 4.94. The van der Waals surface area contributed by atoms with Crippen LogP contribution >= 0.6 is 0 Å². The zero-order valence-corrected chi connectivity index (χ0v) is 10.0. The van der Waals surface area contributed by atoms with Gasteiger partial charge in [0, 0.05) is 40.8 Å². The Labute approximate surface area is 103 Å². The number of rotatable bonds is 2. The van der Waals surface area contributed by atoms with Gasteiger partial charge in [-0.15, -0.1) is 0 Å². The van der Waals surface area contributed by atoms with Gasteiger partial charge < -0.3 is 15.3 Å². The quantitative estimate of drug-likeness (QED) is 0.642. The molecule has 0 saturated carbocycles. The first-order chi connectivity index (χ1) is 8.72. The Morgan fingerprint density at radius 1 is 1.33 bits per heavy atom. The van der Waals surface area contributed by atoms with Crippen molar-refractivity contribution < 1.29 is 0 Å². The summed E-state index contributed by atoms with van der Waals surface area (Å²) >= 11 is 0. The van der Waals surface area contributed by atoms with Gasteiger partial charge in [-0.05, 0) is 6.07 Å². The average Bonchev–Trinajstić information content (AvgIpc) is 2.83. The van der Waals surface area contributed by atoms with Gasteiger partial charge in [0.15, 0.2) is 0 Å². The molecule has 0 aliphatic heterocycles. The molecule has 0 spiro atoms. The van der Waals surface area contributed by atoms with Gasteiger partial charge in [-0.3, -0.25) is 4.79 Å². The molecule has 0 aliphatic carbocycles. The lowest BCUT2D eigenvalue weighted by Gasteiger charge is -2.05. The highest BCUT2D eigenvalue weighted by Gasteiger charge is 2.12. The number of para-hydroxylation sites is 1. The topological polar surface area (TPSA) is 60.7 Å². The second-order valence-electron chi connectivity index (χ2n) is 4.18. The van der Waals surface area contributed by atoms with Gasteiger partial charge in [0.25, 0.3) is 5.56 Å². The van der Waals surface area contributed by atoms with E-state index in [0.29, 0.717) is 5.52 Å². The van der Waals surface area contributed by atoms with Crippen LogP contribution in [-0.2, 0) is 0 Å². The first-order valence-electron chi connectivity index (χ1n) is 5.71. The SMILES string of the molecule is C=C(NC)c1c[nH]c2c(=O)[nH]c3ccccc3c12. The third-order valence-electron chi connectivity index (χ3n) is 3.18. The van der Waals surface area contributed by atoms with E-state index in [1.54, 1.807) is 0 Å². The highest BCUT2D eigenvalue weighted by Crippen LogP contribution is 2.27. The van der Waals surface area contributed by atoms with Crippen LogP contribution in [0.3, 0.4) is 0 Å². The van der Waals surface area contributed by atoms with Crippen LogP contribution in [0, 0.1) is 0 Å². The number of hydrogen-bond donors (Lipinski definition) is 3. The number of aromatic amines is 2. The number of pyridine rings is 1. The fourth-order valence-corrected chi connectivity index (χ4v) is 2.25. The summed E-state index contributed by atoms with van der Waals surface area (Å²) in [5.74, 6) is 0. The van der Waals surface area contributed by atoms with E-state index in [1.165, 1.54) is 0 Å². The molecule has 0 bridgehead atoms. The van der Waals surface area contributed by atoms with Crippen molar-refractivity contribution in [2.24, 2.45) is 0 Å². The third kappa shape index (κ3) is 1.35. The number of hydrogen-bond acceptors (Lipinski definition) is 2. The van der Waals surface area contributed by atoms with E-state index in [-0.39, 0.29) is 5.56 Å². The molecule has 4 heteroatoms. The normalized spacial score (nSPS) is 10.9. The number of benzene rings is 1. The van der Waals surface area contributed by atoms with Gasteiger partial charge in [0.2, 0.25) is 0 Å². The Hall–Kier alpha value is -2.49. The van der Waals surface area contributed by atoms with Gasteiger partial charge in [0.1, 0.15) is 5.52 Å². The van der Waals surface area contributed by atoms with E-state index in [0.717, 1.165) is 27.5 Å². The standard InChI is InChI=1S/C14H13N3O/c1-8(15-2)10-7-16-13-12(10)9-5-3-4-6-11(9)17-14(13)18/h3-7,15-16H,1H2,2H3,(H,17,18). The summed E-state index contributed by atoms with van der Waals surface area (Å²) in [7, 11) is 1.82. The summed E-state index contributed by atoms with van der Waals surface area (Å²) in [6.07, 6.45) is 1.81. The highest BCUT2D eigenvalue weighted by atomic mass is 16.1. The number of aromatic nitrogens is 2. The zero-order valence-electron chi connectivity index (χ0n) is 10.0. The number of H-pyrrole nitrogens is 2. The minimum Gasteiger partial charge on any atom is -0.388 e. The van der Waals surface area contributed by atoms with Gasteiger partial charge in [-0.2, -0.15) is 0 Å². The lowest BCUT2D eigenvalue weighted by Crippen LogP contribution is -2.07. The van der Waals surface area contributed by atoms with Crippen LogP contribution in [-0.4, -0.2) is 17.0 Å². The third-order valence-corrected chi connectivity index (χ3v) is 3.18. The Morgan fingerprint density at radius 2 is 2.11 bits per heavy atom. The maximum absolute atomic E-state index is 12.0. The van der Waals surface area contributed by atoms with Crippen molar-refractivity contribution in [3.8, 4) is 0 Å². The van der Waals surface area contributed by atoms with Crippen molar-refractivity contribution in [1.29, 1.82) is 0 Å². The van der Waals surface area contributed by atoms with E-state index in [2.05, 4.69) is 21.9 Å². The maximum Gasteiger partial charge on any atom is 0.272 e. The van der Waals surface area contributed by atoms with Gasteiger partial charge >= 0.3 is 0 Å². The van der Waals surface area contributed by atoms with Gasteiger partial charge in [0.05, 0.1) is 0 Å². The van der Waals surface area contributed by atoms with Crippen LogP contribution in [0.15, 0.2) is 41.8 Å². The molecule has 0 fully saturated rings.